The van der Waals surface area contributed by atoms with Crippen molar-refractivity contribution in [2.24, 2.45) is 5.92 Å². The molecule has 2 nitrogen and oxygen atoms in total. The van der Waals surface area contributed by atoms with Gasteiger partial charge in [0.2, 0.25) is 0 Å². The number of aliphatic hydroxyl groups excluding tert-OH is 1. The Kier molecular flexibility index (Phi) is 10.4. The first-order valence-electron chi connectivity index (χ1n) is 6.46. The molecular formula is C13H28O2. The topological polar surface area (TPSA) is 29.5 Å². The Morgan fingerprint density at radius 1 is 1.00 bits per heavy atom. The Morgan fingerprint density at radius 2 is 1.67 bits per heavy atom. The van der Waals surface area contributed by atoms with E-state index in [1.807, 2.05) is 0 Å². The van der Waals surface area contributed by atoms with Gasteiger partial charge in [-0.1, -0.05) is 52.4 Å². The van der Waals surface area contributed by atoms with Gasteiger partial charge in [-0.2, -0.15) is 0 Å². The van der Waals surface area contributed by atoms with Crippen molar-refractivity contribution in [3.63, 3.8) is 0 Å². The average molecular weight is 216 g/mol. The maximum absolute atomic E-state index is 8.92. The number of hydrogen-bond donors (Lipinski definition) is 1. The second-order valence-corrected chi connectivity index (χ2v) is 4.57. The second-order valence-electron chi connectivity index (χ2n) is 4.57. The lowest BCUT2D eigenvalue weighted by Gasteiger charge is -2.12. The van der Waals surface area contributed by atoms with Crippen LogP contribution in [-0.4, -0.2) is 18.0 Å². The van der Waals surface area contributed by atoms with E-state index in [0.29, 0.717) is 6.61 Å². The van der Waals surface area contributed by atoms with Crippen molar-refractivity contribution >= 4 is 0 Å². The molecule has 0 saturated carbocycles. The molecule has 0 aliphatic carbocycles. The van der Waals surface area contributed by atoms with Crippen molar-refractivity contribution in [3.8, 4) is 0 Å². The Morgan fingerprint density at radius 3 is 2.27 bits per heavy atom. The van der Waals surface area contributed by atoms with Gasteiger partial charge in [-0.3, -0.25) is 0 Å². The highest BCUT2D eigenvalue weighted by atomic mass is 16.6. The lowest BCUT2D eigenvalue weighted by atomic mass is 10.00. The summed E-state index contributed by atoms with van der Waals surface area (Å²) in [6, 6.07) is 0. The van der Waals surface area contributed by atoms with E-state index in [4.69, 9.17) is 9.84 Å². The fraction of sp³-hybridized carbons (Fsp3) is 1.00. The molecule has 15 heavy (non-hydrogen) atoms. The smallest absolute Gasteiger partial charge is 0.151 e. The molecule has 0 fully saturated rings. The SMILES string of the molecule is CCCCCCCC(C)CCOC(C)O. The molecule has 0 aromatic carbocycles. The van der Waals surface area contributed by atoms with E-state index in [2.05, 4.69) is 13.8 Å². The van der Waals surface area contributed by atoms with Gasteiger partial charge < -0.3 is 9.84 Å². The third-order valence-electron chi connectivity index (χ3n) is 2.77. The number of unbranched alkanes of at least 4 members (excludes halogenated alkanes) is 4. The van der Waals surface area contributed by atoms with Crippen molar-refractivity contribution in [1.29, 1.82) is 0 Å². The Hall–Kier alpha value is -0.0800. The zero-order valence-electron chi connectivity index (χ0n) is 10.7. The Bertz CT molecular complexity index is 124. The van der Waals surface area contributed by atoms with E-state index >= 15 is 0 Å². The van der Waals surface area contributed by atoms with Crippen LogP contribution in [0, 0.1) is 5.92 Å². The van der Waals surface area contributed by atoms with Crippen LogP contribution in [0.5, 0.6) is 0 Å². The van der Waals surface area contributed by atoms with E-state index in [0.717, 1.165) is 12.3 Å². The quantitative estimate of drug-likeness (QED) is 0.445. The van der Waals surface area contributed by atoms with Crippen molar-refractivity contribution < 1.29 is 9.84 Å². The molecule has 0 aliphatic rings. The summed E-state index contributed by atoms with van der Waals surface area (Å²) in [5.41, 5.74) is 0. The van der Waals surface area contributed by atoms with Crippen molar-refractivity contribution in [2.45, 2.75) is 72.0 Å². The first kappa shape index (κ1) is 14.9. The van der Waals surface area contributed by atoms with Crippen LogP contribution in [0.15, 0.2) is 0 Å². The molecule has 0 saturated heterocycles. The zero-order valence-corrected chi connectivity index (χ0v) is 10.7. The number of ether oxygens (including phenoxy) is 1. The van der Waals surface area contributed by atoms with Gasteiger partial charge in [0.25, 0.3) is 0 Å². The molecule has 0 bridgehead atoms. The van der Waals surface area contributed by atoms with Crippen molar-refractivity contribution in [2.75, 3.05) is 6.61 Å². The van der Waals surface area contributed by atoms with Crippen molar-refractivity contribution in [3.05, 3.63) is 0 Å². The molecule has 0 rings (SSSR count). The summed E-state index contributed by atoms with van der Waals surface area (Å²) in [7, 11) is 0. The summed E-state index contributed by atoms with van der Waals surface area (Å²) in [4.78, 5) is 0. The van der Waals surface area contributed by atoms with Crippen molar-refractivity contribution in [1.82, 2.24) is 0 Å². The van der Waals surface area contributed by atoms with E-state index in [-0.39, 0.29) is 0 Å². The molecule has 0 aromatic rings. The van der Waals surface area contributed by atoms with Gasteiger partial charge in [-0.25, -0.2) is 0 Å². The highest BCUT2D eigenvalue weighted by Gasteiger charge is 2.03. The minimum absolute atomic E-state index is 0.609. The predicted octanol–water partition coefficient (Wildman–Crippen LogP) is 3.73. The lowest BCUT2D eigenvalue weighted by Crippen LogP contribution is -2.09. The van der Waals surface area contributed by atoms with Crippen LogP contribution in [0.25, 0.3) is 0 Å². The van der Waals surface area contributed by atoms with E-state index in [1.165, 1.54) is 38.5 Å². The third kappa shape index (κ3) is 11.8. The van der Waals surface area contributed by atoms with Crippen LogP contribution in [0.3, 0.4) is 0 Å². The molecule has 2 heteroatoms. The van der Waals surface area contributed by atoms with Gasteiger partial charge in [-0.05, 0) is 19.3 Å². The Labute approximate surface area is 95.0 Å². The zero-order chi connectivity index (χ0) is 11.5. The van der Waals surface area contributed by atoms with Crippen LogP contribution in [0.1, 0.15) is 65.7 Å². The molecule has 1 N–H and O–H groups in total. The molecule has 2 unspecified atom stereocenters. The van der Waals surface area contributed by atoms with Gasteiger partial charge in [0.05, 0.1) is 0 Å². The van der Waals surface area contributed by atoms with Crippen LogP contribution >= 0.6 is 0 Å². The summed E-state index contributed by atoms with van der Waals surface area (Å²) in [5.74, 6) is 0.727. The molecule has 2 atom stereocenters. The highest BCUT2D eigenvalue weighted by Crippen LogP contribution is 2.14. The predicted molar refractivity (Wildman–Crippen MR) is 64.8 cm³/mol. The minimum Gasteiger partial charge on any atom is -0.368 e. The first-order valence-corrected chi connectivity index (χ1v) is 6.46. The van der Waals surface area contributed by atoms with Crippen LogP contribution < -0.4 is 0 Å². The lowest BCUT2D eigenvalue weighted by molar-refractivity contribution is -0.0880. The van der Waals surface area contributed by atoms with Gasteiger partial charge in [-0.15, -0.1) is 0 Å². The highest BCUT2D eigenvalue weighted by molar-refractivity contribution is 4.53. The van der Waals surface area contributed by atoms with E-state index in [9.17, 15) is 0 Å². The first-order chi connectivity index (χ1) is 7.16. The molecule has 0 amide bonds. The van der Waals surface area contributed by atoms with Gasteiger partial charge in [0, 0.05) is 6.61 Å². The van der Waals surface area contributed by atoms with Crippen LogP contribution in [-0.2, 0) is 4.74 Å². The number of rotatable bonds is 10. The number of aliphatic hydroxyl groups is 1. The maximum Gasteiger partial charge on any atom is 0.151 e. The third-order valence-corrected chi connectivity index (χ3v) is 2.77. The van der Waals surface area contributed by atoms with Crippen LogP contribution in [0.2, 0.25) is 0 Å². The molecule has 0 spiro atoms. The molecule has 0 aromatic heterocycles. The minimum atomic E-state index is -0.609. The monoisotopic (exact) mass is 216 g/mol. The fourth-order valence-corrected chi connectivity index (χ4v) is 1.68. The molecule has 0 radical (unpaired) electrons. The molecule has 0 aliphatic heterocycles. The van der Waals surface area contributed by atoms with Gasteiger partial charge in [0.15, 0.2) is 6.29 Å². The van der Waals surface area contributed by atoms with E-state index < -0.39 is 6.29 Å². The summed E-state index contributed by atoms with van der Waals surface area (Å²) in [6.45, 7) is 6.87. The van der Waals surface area contributed by atoms with Gasteiger partial charge >= 0.3 is 0 Å². The Balaban J connectivity index is 3.15. The fourth-order valence-electron chi connectivity index (χ4n) is 1.68. The average Bonchev–Trinajstić information content (AvgIpc) is 2.17. The van der Waals surface area contributed by atoms with Crippen LogP contribution in [0.4, 0.5) is 0 Å². The maximum atomic E-state index is 8.92. The largest absolute Gasteiger partial charge is 0.368 e. The molecule has 0 heterocycles. The summed E-state index contributed by atoms with van der Waals surface area (Å²) >= 11 is 0. The van der Waals surface area contributed by atoms with E-state index in [1.54, 1.807) is 6.92 Å². The molecular weight excluding hydrogens is 188 g/mol. The summed E-state index contributed by atoms with van der Waals surface area (Å²) in [6.07, 6.45) is 8.54. The van der Waals surface area contributed by atoms with Gasteiger partial charge in [0.1, 0.15) is 0 Å². The normalized spacial score (nSPS) is 15.2. The second kappa shape index (κ2) is 10.4. The number of hydrogen-bond acceptors (Lipinski definition) is 2. The standard InChI is InChI=1S/C13H28O2/c1-4-5-6-7-8-9-12(2)10-11-15-13(3)14/h12-14H,4-11H2,1-3H3. The molecule has 92 valence electrons. The summed E-state index contributed by atoms with van der Waals surface area (Å²) < 4.78 is 5.11. The summed E-state index contributed by atoms with van der Waals surface area (Å²) in [5, 5.41) is 8.92.